The van der Waals surface area contributed by atoms with E-state index in [1.807, 2.05) is 4.90 Å². The number of likely N-dealkylation sites (tertiary alicyclic amines) is 1. The Labute approximate surface area is 127 Å². The van der Waals surface area contributed by atoms with Gasteiger partial charge in [-0.15, -0.1) is 0 Å². The van der Waals surface area contributed by atoms with Crippen LogP contribution in [-0.4, -0.2) is 44.9 Å². The molecule has 1 amide bonds. The highest BCUT2D eigenvalue weighted by molar-refractivity contribution is 7.89. The molecule has 6 nitrogen and oxygen atoms in total. The van der Waals surface area contributed by atoms with Gasteiger partial charge in [0.05, 0.1) is 11.4 Å². The minimum atomic E-state index is -3.91. The van der Waals surface area contributed by atoms with Crippen LogP contribution in [0.4, 0.5) is 8.78 Å². The lowest BCUT2D eigenvalue weighted by atomic mass is 10.1. The van der Waals surface area contributed by atoms with Crippen molar-refractivity contribution < 1.29 is 22.0 Å². The van der Waals surface area contributed by atoms with E-state index in [9.17, 15) is 22.0 Å². The van der Waals surface area contributed by atoms with E-state index in [-0.39, 0.29) is 17.5 Å². The molecule has 1 saturated heterocycles. The average molecular weight is 333 g/mol. The summed E-state index contributed by atoms with van der Waals surface area (Å²) < 4.78 is 52.7. The monoisotopic (exact) mass is 333 g/mol. The summed E-state index contributed by atoms with van der Waals surface area (Å²) >= 11 is 0. The van der Waals surface area contributed by atoms with Gasteiger partial charge in [-0.1, -0.05) is 0 Å². The van der Waals surface area contributed by atoms with Gasteiger partial charge < -0.3 is 5.73 Å². The fourth-order valence-corrected chi connectivity index (χ4v) is 3.68. The second-order valence-electron chi connectivity index (χ2n) is 5.21. The van der Waals surface area contributed by atoms with Crippen molar-refractivity contribution >= 4 is 15.9 Å². The smallest absolute Gasteiger partial charge is 0.240 e. The third-order valence-electron chi connectivity index (χ3n) is 3.49. The normalized spacial score (nSPS) is 17.5. The Morgan fingerprint density at radius 2 is 1.91 bits per heavy atom. The van der Waals surface area contributed by atoms with Gasteiger partial charge in [-0.05, 0) is 31.0 Å². The van der Waals surface area contributed by atoms with Gasteiger partial charge >= 0.3 is 0 Å². The highest BCUT2D eigenvalue weighted by atomic mass is 32.2. The quantitative estimate of drug-likeness (QED) is 0.805. The number of amides is 1. The van der Waals surface area contributed by atoms with E-state index in [1.165, 1.54) is 0 Å². The summed E-state index contributed by atoms with van der Waals surface area (Å²) in [6.45, 7) is 1.21. The maximum absolute atomic E-state index is 13.1. The van der Waals surface area contributed by atoms with Crippen LogP contribution in [0.1, 0.15) is 12.8 Å². The molecule has 1 fully saturated rings. The number of nitrogens with two attached hydrogens (primary N) is 1. The maximum Gasteiger partial charge on any atom is 0.240 e. The van der Waals surface area contributed by atoms with Crippen LogP contribution < -0.4 is 10.5 Å². The number of benzene rings is 1. The predicted molar refractivity (Wildman–Crippen MR) is 75.3 cm³/mol. The fourth-order valence-electron chi connectivity index (χ4n) is 2.36. The van der Waals surface area contributed by atoms with Crippen LogP contribution in [0.15, 0.2) is 23.1 Å². The molecule has 3 N–H and O–H groups in total. The van der Waals surface area contributed by atoms with Crippen LogP contribution in [-0.2, 0) is 14.8 Å². The Morgan fingerprint density at radius 1 is 1.27 bits per heavy atom. The van der Waals surface area contributed by atoms with Crippen molar-refractivity contribution in [1.82, 2.24) is 9.62 Å². The second-order valence-corrected chi connectivity index (χ2v) is 6.93. The highest BCUT2D eigenvalue weighted by Gasteiger charge is 2.25. The molecule has 0 saturated carbocycles. The van der Waals surface area contributed by atoms with E-state index in [0.29, 0.717) is 32.0 Å². The standard InChI is InChI=1S/C13H17F2N3O3S/c14-11-2-1-10(7-12(11)15)22(20,21)17-9-3-5-18(6-4-9)8-13(16)19/h1-2,7,9,17H,3-6,8H2,(H2,16,19). The molecular weight excluding hydrogens is 316 g/mol. The molecule has 2 rings (SSSR count). The van der Waals surface area contributed by atoms with E-state index in [0.717, 1.165) is 12.1 Å². The number of carbonyl (C=O) groups is 1. The van der Waals surface area contributed by atoms with Crippen LogP contribution in [0.3, 0.4) is 0 Å². The molecule has 22 heavy (non-hydrogen) atoms. The second kappa shape index (κ2) is 6.67. The zero-order chi connectivity index (χ0) is 16.3. The number of hydrogen-bond donors (Lipinski definition) is 2. The van der Waals surface area contributed by atoms with Crippen LogP contribution in [0, 0.1) is 11.6 Å². The molecule has 0 bridgehead atoms. The van der Waals surface area contributed by atoms with E-state index in [4.69, 9.17) is 5.73 Å². The van der Waals surface area contributed by atoms with E-state index < -0.39 is 27.6 Å². The van der Waals surface area contributed by atoms with Crippen molar-refractivity contribution in [2.75, 3.05) is 19.6 Å². The first-order chi connectivity index (χ1) is 10.3. The molecular formula is C13H17F2N3O3S. The molecule has 1 heterocycles. The lowest BCUT2D eigenvalue weighted by Crippen LogP contribution is -2.46. The molecule has 1 aliphatic rings. The lowest BCUT2D eigenvalue weighted by Gasteiger charge is -2.31. The molecule has 1 aliphatic heterocycles. The minimum Gasteiger partial charge on any atom is -0.369 e. The number of primary amides is 1. The van der Waals surface area contributed by atoms with Crippen molar-refractivity contribution in [2.24, 2.45) is 5.73 Å². The van der Waals surface area contributed by atoms with Gasteiger partial charge in [0.25, 0.3) is 0 Å². The molecule has 1 aromatic rings. The van der Waals surface area contributed by atoms with Gasteiger partial charge in [-0.2, -0.15) is 0 Å². The molecule has 0 unspecified atom stereocenters. The van der Waals surface area contributed by atoms with Crippen LogP contribution in [0.2, 0.25) is 0 Å². The van der Waals surface area contributed by atoms with Crippen molar-refractivity contribution in [3.05, 3.63) is 29.8 Å². The van der Waals surface area contributed by atoms with Gasteiger partial charge in [0, 0.05) is 19.1 Å². The summed E-state index contributed by atoms with van der Waals surface area (Å²) in [6.07, 6.45) is 1.02. The number of nitrogens with zero attached hydrogens (tertiary/aromatic N) is 1. The number of rotatable bonds is 5. The molecule has 0 atom stereocenters. The van der Waals surface area contributed by atoms with Crippen molar-refractivity contribution in [3.8, 4) is 0 Å². The highest BCUT2D eigenvalue weighted by Crippen LogP contribution is 2.17. The van der Waals surface area contributed by atoms with Gasteiger partial charge in [0.2, 0.25) is 15.9 Å². The van der Waals surface area contributed by atoms with Crippen molar-refractivity contribution in [1.29, 1.82) is 0 Å². The largest absolute Gasteiger partial charge is 0.369 e. The Kier molecular flexibility index (Phi) is 5.09. The summed E-state index contributed by atoms with van der Waals surface area (Å²) in [5.41, 5.74) is 5.10. The van der Waals surface area contributed by atoms with Crippen molar-refractivity contribution in [2.45, 2.75) is 23.8 Å². The van der Waals surface area contributed by atoms with Gasteiger partial charge in [0.1, 0.15) is 0 Å². The number of hydrogen-bond acceptors (Lipinski definition) is 4. The summed E-state index contributed by atoms with van der Waals surface area (Å²) in [4.78, 5) is 12.3. The summed E-state index contributed by atoms with van der Waals surface area (Å²) in [6, 6.07) is 2.13. The van der Waals surface area contributed by atoms with E-state index >= 15 is 0 Å². The average Bonchev–Trinajstić information content (AvgIpc) is 2.43. The minimum absolute atomic E-state index is 0.142. The number of halogens is 2. The Balaban J connectivity index is 1.98. The fraction of sp³-hybridized carbons (Fsp3) is 0.462. The van der Waals surface area contributed by atoms with E-state index in [1.54, 1.807) is 0 Å². The molecule has 0 spiro atoms. The van der Waals surface area contributed by atoms with Crippen LogP contribution in [0.25, 0.3) is 0 Å². The third-order valence-corrected chi connectivity index (χ3v) is 5.01. The number of piperidine rings is 1. The third kappa shape index (κ3) is 4.21. The molecule has 9 heteroatoms. The summed E-state index contributed by atoms with van der Waals surface area (Å²) in [7, 11) is -3.91. The predicted octanol–water partition coefficient (Wildman–Crippen LogP) is 0.193. The Morgan fingerprint density at radius 3 is 2.45 bits per heavy atom. The first kappa shape index (κ1) is 16.8. The van der Waals surface area contributed by atoms with Crippen LogP contribution in [0.5, 0.6) is 0 Å². The van der Waals surface area contributed by atoms with Gasteiger partial charge in [-0.25, -0.2) is 21.9 Å². The number of carbonyl (C=O) groups excluding carboxylic acids is 1. The molecule has 0 aliphatic carbocycles. The zero-order valence-electron chi connectivity index (χ0n) is 11.8. The molecule has 0 radical (unpaired) electrons. The van der Waals surface area contributed by atoms with Gasteiger partial charge in [-0.3, -0.25) is 9.69 Å². The Hall–Kier alpha value is -1.58. The summed E-state index contributed by atoms with van der Waals surface area (Å²) in [5, 5.41) is 0. The number of nitrogens with one attached hydrogen (secondary N) is 1. The first-order valence-electron chi connectivity index (χ1n) is 6.76. The SMILES string of the molecule is NC(=O)CN1CCC(NS(=O)(=O)c2ccc(F)c(F)c2)CC1. The van der Waals surface area contributed by atoms with Crippen molar-refractivity contribution in [3.63, 3.8) is 0 Å². The summed E-state index contributed by atoms with van der Waals surface area (Å²) in [5.74, 6) is -2.74. The molecule has 122 valence electrons. The van der Waals surface area contributed by atoms with E-state index in [2.05, 4.69) is 4.72 Å². The molecule has 0 aromatic heterocycles. The topological polar surface area (TPSA) is 92.5 Å². The maximum atomic E-state index is 13.1. The first-order valence-corrected chi connectivity index (χ1v) is 8.24. The Bertz CT molecular complexity index is 658. The zero-order valence-corrected chi connectivity index (χ0v) is 12.6. The van der Waals surface area contributed by atoms with Gasteiger partial charge in [0.15, 0.2) is 11.6 Å². The number of sulfonamides is 1. The lowest BCUT2D eigenvalue weighted by molar-refractivity contribution is -0.119. The van der Waals surface area contributed by atoms with Crippen LogP contribution >= 0.6 is 0 Å². The molecule has 1 aromatic carbocycles.